The fraction of sp³-hybridized carbons (Fsp3) is 0.0833. The van der Waals surface area contributed by atoms with Crippen molar-refractivity contribution in [1.29, 1.82) is 0 Å². The Labute approximate surface area is 101 Å². The normalized spacial score (nSPS) is 12.4. The van der Waals surface area contributed by atoms with Gasteiger partial charge in [-0.25, -0.2) is 4.39 Å². The molecule has 1 unspecified atom stereocenters. The fourth-order valence-electron chi connectivity index (χ4n) is 1.43. The van der Waals surface area contributed by atoms with Crippen molar-refractivity contribution in [2.75, 3.05) is 0 Å². The van der Waals surface area contributed by atoms with E-state index in [0.717, 1.165) is 10.7 Å². The minimum atomic E-state index is -0.962. The van der Waals surface area contributed by atoms with Gasteiger partial charge in [-0.2, -0.15) is 0 Å². The molecule has 0 saturated carbocycles. The second-order valence-electron chi connectivity index (χ2n) is 3.35. The van der Waals surface area contributed by atoms with Crippen LogP contribution in [0.4, 0.5) is 4.39 Å². The summed E-state index contributed by atoms with van der Waals surface area (Å²) in [6.45, 7) is 0. The molecule has 4 heteroatoms. The molecule has 0 aliphatic carbocycles. The zero-order valence-electron chi connectivity index (χ0n) is 8.27. The molecule has 1 aromatic carbocycles. The van der Waals surface area contributed by atoms with Gasteiger partial charge in [-0.3, -0.25) is 4.98 Å². The Hall–Kier alpha value is -1.26. The first-order chi connectivity index (χ1) is 7.68. The third-order valence-corrected chi connectivity index (χ3v) is 2.81. The van der Waals surface area contributed by atoms with Crippen molar-refractivity contribution in [1.82, 2.24) is 4.98 Å². The Morgan fingerprint density at radius 3 is 2.50 bits per heavy atom. The molecule has 2 nitrogen and oxygen atoms in total. The van der Waals surface area contributed by atoms with Crippen molar-refractivity contribution in [3.63, 3.8) is 0 Å². The van der Waals surface area contributed by atoms with Crippen molar-refractivity contribution in [3.05, 3.63) is 64.1 Å². The van der Waals surface area contributed by atoms with E-state index < -0.39 is 11.9 Å². The molecule has 0 aliphatic rings. The van der Waals surface area contributed by atoms with Crippen LogP contribution in [0, 0.1) is 5.82 Å². The van der Waals surface area contributed by atoms with Crippen molar-refractivity contribution in [3.8, 4) is 0 Å². The Kier molecular flexibility index (Phi) is 3.31. The summed E-state index contributed by atoms with van der Waals surface area (Å²) in [5.74, 6) is -0.502. The highest BCUT2D eigenvalue weighted by atomic mass is 79.9. The van der Waals surface area contributed by atoms with Gasteiger partial charge in [0.2, 0.25) is 0 Å². The van der Waals surface area contributed by atoms with E-state index in [0.29, 0.717) is 5.56 Å². The average Bonchev–Trinajstić information content (AvgIpc) is 2.30. The Bertz CT molecular complexity index is 487. The SMILES string of the molecule is OC(c1ccc(Br)cc1)c1ccncc1F. The van der Waals surface area contributed by atoms with E-state index in [1.54, 1.807) is 24.3 Å². The van der Waals surface area contributed by atoms with Crippen LogP contribution in [0.25, 0.3) is 0 Å². The van der Waals surface area contributed by atoms with Gasteiger partial charge in [-0.15, -0.1) is 0 Å². The van der Waals surface area contributed by atoms with Crippen molar-refractivity contribution >= 4 is 15.9 Å². The van der Waals surface area contributed by atoms with Gasteiger partial charge < -0.3 is 5.11 Å². The molecule has 0 amide bonds. The number of aliphatic hydroxyl groups excluding tert-OH is 1. The van der Waals surface area contributed by atoms with Gasteiger partial charge in [0.05, 0.1) is 6.20 Å². The van der Waals surface area contributed by atoms with Crippen LogP contribution in [0.2, 0.25) is 0 Å². The first-order valence-corrected chi connectivity index (χ1v) is 5.50. The maximum absolute atomic E-state index is 13.4. The third-order valence-electron chi connectivity index (χ3n) is 2.28. The highest BCUT2D eigenvalue weighted by Gasteiger charge is 2.14. The summed E-state index contributed by atoms with van der Waals surface area (Å²) in [5.41, 5.74) is 0.880. The molecular weight excluding hydrogens is 273 g/mol. The van der Waals surface area contributed by atoms with Crippen LogP contribution in [-0.2, 0) is 0 Å². The number of halogens is 2. The highest BCUT2D eigenvalue weighted by molar-refractivity contribution is 9.10. The first kappa shape index (κ1) is 11.2. The lowest BCUT2D eigenvalue weighted by molar-refractivity contribution is 0.214. The number of hydrogen-bond acceptors (Lipinski definition) is 2. The number of aromatic nitrogens is 1. The molecule has 16 heavy (non-hydrogen) atoms. The lowest BCUT2D eigenvalue weighted by Crippen LogP contribution is -2.02. The van der Waals surface area contributed by atoms with E-state index >= 15 is 0 Å². The zero-order valence-corrected chi connectivity index (χ0v) is 9.86. The van der Waals surface area contributed by atoms with Crippen LogP contribution in [0.3, 0.4) is 0 Å². The number of benzene rings is 1. The smallest absolute Gasteiger partial charge is 0.147 e. The van der Waals surface area contributed by atoms with Crippen molar-refractivity contribution in [2.24, 2.45) is 0 Å². The molecule has 0 fully saturated rings. The summed E-state index contributed by atoms with van der Waals surface area (Å²) in [7, 11) is 0. The van der Waals surface area contributed by atoms with Gasteiger partial charge in [0.25, 0.3) is 0 Å². The third kappa shape index (κ3) is 2.28. The van der Waals surface area contributed by atoms with E-state index in [1.165, 1.54) is 12.3 Å². The van der Waals surface area contributed by atoms with Crippen LogP contribution < -0.4 is 0 Å². The van der Waals surface area contributed by atoms with E-state index in [9.17, 15) is 9.50 Å². The van der Waals surface area contributed by atoms with Gasteiger partial charge in [-0.1, -0.05) is 28.1 Å². The summed E-state index contributed by atoms with van der Waals surface area (Å²) in [4.78, 5) is 3.64. The Morgan fingerprint density at radius 2 is 1.88 bits per heavy atom. The molecule has 82 valence electrons. The summed E-state index contributed by atoms with van der Waals surface area (Å²) in [5, 5.41) is 9.98. The van der Waals surface area contributed by atoms with E-state index in [1.807, 2.05) is 0 Å². The molecule has 1 atom stereocenters. The minimum Gasteiger partial charge on any atom is -0.384 e. The standard InChI is InChI=1S/C12H9BrFNO/c13-9-3-1-8(2-4-9)12(16)10-5-6-15-7-11(10)14/h1-7,12,16H. The average molecular weight is 282 g/mol. The number of aliphatic hydroxyl groups is 1. The monoisotopic (exact) mass is 281 g/mol. The van der Waals surface area contributed by atoms with Gasteiger partial charge in [0.1, 0.15) is 11.9 Å². The Morgan fingerprint density at radius 1 is 1.19 bits per heavy atom. The lowest BCUT2D eigenvalue weighted by atomic mass is 10.0. The van der Waals surface area contributed by atoms with Gasteiger partial charge in [0, 0.05) is 16.2 Å². The minimum absolute atomic E-state index is 0.234. The second kappa shape index (κ2) is 4.72. The largest absolute Gasteiger partial charge is 0.384 e. The second-order valence-corrected chi connectivity index (χ2v) is 4.27. The summed E-state index contributed by atoms with van der Waals surface area (Å²) in [6, 6.07) is 8.57. The Balaban J connectivity index is 2.35. The molecule has 0 aliphatic heterocycles. The van der Waals surface area contributed by atoms with E-state index in [-0.39, 0.29) is 5.56 Å². The van der Waals surface area contributed by atoms with E-state index in [4.69, 9.17) is 0 Å². The summed E-state index contributed by atoms with van der Waals surface area (Å²) >= 11 is 3.30. The van der Waals surface area contributed by atoms with Gasteiger partial charge >= 0.3 is 0 Å². The molecule has 0 spiro atoms. The van der Waals surface area contributed by atoms with Gasteiger partial charge in [0.15, 0.2) is 0 Å². The van der Waals surface area contributed by atoms with Crippen LogP contribution in [0.15, 0.2) is 47.2 Å². The van der Waals surface area contributed by atoms with Crippen LogP contribution >= 0.6 is 15.9 Å². The molecule has 1 N–H and O–H groups in total. The number of rotatable bonds is 2. The predicted molar refractivity (Wildman–Crippen MR) is 62.4 cm³/mol. The highest BCUT2D eigenvalue weighted by Crippen LogP contribution is 2.24. The molecule has 1 aromatic heterocycles. The fourth-order valence-corrected chi connectivity index (χ4v) is 1.70. The maximum Gasteiger partial charge on any atom is 0.147 e. The molecule has 2 rings (SSSR count). The van der Waals surface area contributed by atoms with Crippen molar-refractivity contribution in [2.45, 2.75) is 6.10 Å². The van der Waals surface area contributed by atoms with Crippen LogP contribution in [0.5, 0.6) is 0 Å². The molecule has 1 heterocycles. The first-order valence-electron chi connectivity index (χ1n) is 4.71. The number of hydrogen-bond donors (Lipinski definition) is 1. The molecule has 2 aromatic rings. The predicted octanol–water partition coefficient (Wildman–Crippen LogP) is 3.06. The summed E-state index contributed by atoms with van der Waals surface area (Å²) < 4.78 is 14.3. The molecule has 0 radical (unpaired) electrons. The maximum atomic E-state index is 13.4. The van der Waals surface area contributed by atoms with Crippen molar-refractivity contribution < 1.29 is 9.50 Å². The van der Waals surface area contributed by atoms with E-state index in [2.05, 4.69) is 20.9 Å². The zero-order chi connectivity index (χ0) is 11.5. The topological polar surface area (TPSA) is 33.1 Å². The number of pyridine rings is 1. The lowest BCUT2D eigenvalue weighted by Gasteiger charge is -2.11. The molecule has 0 saturated heterocycles. The quantitative estimate of drug-likeness (QED) is 0.918. The molecule has 0 bridgehead atoms. The van der Waals surface area contributed by atoms with Crippen LogP contribution in [0.1, 0.15) is 17.2 Å². The molecular formula is C12H9BrFNO. The number of nitrogens with zero attached hydrogens (tertiary/aromatic N) is 1. The van der Waals surface area contributed by atoms with Gasteiger partial charge in [-0.05, 0) is 23.8 Å². The van der Waals surface area contributed by atoms with Crippen LogP contribution in [-0.4, -0.2) is 10.1 Å². The summed E-state index contributed by atoms with van der Waals surface area (Å²) in [6.07, 6.45) is 1.59.